The lowest BCUT2D eigenvalue weighted by atomic mass is 9.99. The maximum atomic E-state index is 12.8. The Morgan fingerprint density at radius 2 is 1.17 bits per heavy atom. The summed E-state index contributed by atoms with van der Waals surface area (Å²) in [7, 11) is 1.50. The fourth-order valence-electron chi connectivity index (χ4n) is 2.24. The van der Waals surface area contributed by atoms with Gasteiger partial charge < -0.3 is 4.74 Å². The summed E-state index contributed by atoms with van der Waals surface area (Å²) in [6.45, 7) is 0. The van der Waals surface area contributed by atoms with E-state index < -0.39 is 23.5 Å². The maximum Gasteiger partial charge on any atom is 0.416 e. The van der Waals surface area contributed by atoms with Gasteiger partial charge in [-0.05, 0) is 54.3 Å². The summed E-state index contributed by atoms with van der Waals surface area (Å²) in [6.07, 6.45) is -9.26. The maximum absolute atomic E-state index is 12.8. The zero-order valence-corrected chi connectivity index (χ0v) is 12.6. The van der Waals surface area contributed by atoms with Crippen LogP contribution in [0.25, 0.3) is 0 Å². The van der Waals surface area contributed by atoms with E-state index in [-0.39, 0.29) is 18.1 Å². The second-order valence-electron chi connectivity index (χ2n) is 5.26. The molecule has 0 aliphatic rings. The third kappa shape index (κ3) is 4.66. The van der Waals surface area contributed by atoms with Gasteiger partial charge in [-0.1, -0.05) is 12.1 Å². The van der Waals surface area contributed by atoms with Crippen molar-refractivity contribution in [1.29, 1.82) is 0 Å². The number of methoxy groups -OCH3 is 1. The van der Waals surface area contributed by atoms with Crippen LogP contribution in [-0.2, 0) is 25.2 Å². The van der Waals surface area contributed by atoms with Gasteiger partial charge in [-0.3, -0.25) is 0 Å². The van der Waals surface area contributed by atoms with Crippen LogP contribution in [0.1, 0.15) is 22.3 Å². The van der Waals surface area contributed by atoms with Crippen molar-refractivity contribution in [3.8, 4) is 5.75 Å². The van der Waals surface area contributed by atoms with Crippen LogP contribution < -0.4 is 4.74 Å². The van der Waals surface area contributed by atoms with Gasteiger partial charge >= 0.3 is 12.4 Å². The number of alkyl halides is 6. The Kier molecular flexibility index (Phi) is 5.11. The van der Waals surface area contributed by atoms with Crippen molar-refractivity contribution in [3.63, 3.8) is 0 Å². The van der Waals surface area contributed by atoms with Gasteiger partial charge in [-0.15, -0.1) is 0 Å². The summed E-state index contributed by atoms with van der Waals surface area (Å²) in [6, 6.07) is 8.47. The van der Waals surface area contributed by atoms with E-state index in [1.54, 1.807) is 24.3 Å². The predicted molar refractivity (Wildman–Crippen MR) is 76.8 cm³/mol. The van der Waals surface area contributed by atoms with Gasteiger partial charge in [-0.2, -0.15) is 26.3 Å². The van der Waals surface area contributed by atoms with E-state index in [2.05, 4.69) is 0 Å². The molecule has 24 heavy (non-hydrogen) atoms. The fourth-order valence-corrected chi connectivity index (χ4v) is 2.24. The number of hydrogen-bond donors (Lipinski definition) is 0. The second kappa shape index (κ2) is 6.75. The Balaban J connectivity index is 2.24. The molecule has 0 amide bonds. The SMILES string of the molecule is COc1ccc(CCc2cc(C(F)(F)F)cc(C(F)(F)F)c2)cc1. The molecule has 0 bridgehead atoms. The first-order chi connectivity index (χ1) is 11.1. The second-order valence-corrected chi connectivity index (χ2v) is 5.26. The highest BCUT2D eigenvalue weighted by molar-refractivity contribution is 5.35. The summed E-state index contributed by atoms with van der Waals surface area (Å²) >= 11 is 0. The topological polar surface area (TPSA) is 9.23 Å². The van der Waals surface area contributed by atoms with Crippen LogP contribution in [0.4, 0.5) is 26.3 Å². The minimum absolute atomic E-state index is 0.00651. The average molecular weight is 348 g/mol. The molecule has 0 heterocycles. The number of rotatable bonds is 4. The van der Waals surface area contributed by atoms with Crippen LogP contribution in [0.15, 0.2) is 42.5 Å². The molecule has 2 aromatic carbocycles. The minimum Gasteiger partial charge on any atom is -0.497 e. The Bertz CT molecular complexity index is 653. The van der Waals surface area contributed by atoms with Gasteiger partial charge in [0.1, 0.15) is 5.75 Å². The lowest BCUT2D eigenvalue weighted by molar-refractivity contribution is -0.143. The van der Waals surface area contributed by atoms with Gasteiger partial charge in [0, 0.05) is 0 Å². The molecular formula is C17H14F6O. The molecule has 0 unspecified atom stereocenters. The van der Waals surface area contributed by atoms with Crippen LogP contribution in [0.2, 0.25) is 0 Å². The van der Waals surface area contributed by atoms with Crippen molar-refractivity contribution in [3.05, 3.63) is 64.7 Å². The van der Waals surface area contributed by atoms with E-state index >= 15 is 0 Å². The van der Waals surface area contributed by atoms with E-state index in [1.807, 2.05) is 0 Å². The van der Waals surface area contributed by atoms with Gasteiger partial charge in [0.05, 0.1) is 18.2 Å². The number of benzene rings is 2. The van der Waals surface area contributed by atoms with Crippen LogP contribution in [-0.4, -0.2) is 7.11 Å². The van der Waals surface area contributed by atoms with E-state index in [0.29, 0.717) is 12.2 Å². The molecule has 0 atom stereocenters. The normalized spacial score (nSPS) is 12.3. The molecule has 7 heteroatoms. The molecule has 0 spiro atoms. The fraction of sp³-hybridized carbons (Fsp3) is 0.294. The summed E-state index contributed by atoms with van der Waals surface area (Å²) in [5, 5.41) is 0. The predicted octanol–water partition coefficient (Wildman–Crippen LogP) is 5.52. The first kappa shape index (κ1) is 18.2. The van der Waals surface area contributed by atoms with Crippen LogP contribution >= 0.6 is 0 Å². The molecule has 0 aromatic heterocycles. The number of hydrogen-bond acceptors (Lipinski definition) is 1. The largest absolute Gasteiger partial charge is 0.497 e. The highest BCUT2D eigenvalue weighted by atomic mass is 19.4. The first-order valence-electron chi connectivity index (χ1n) is 7.01. The van der Waals surface area contributed by atoms with Gasteiger partial charge in [0.25, 0.3) is 0 Å². The summed E-state index contributed by atoms with van der Waals surface area (Å²) in [5.74, 6) is 0.622. The van der Waals surface area contributed by atoms with E-state index in [1.165, 1.54) is 7.11 Å². The number of ether oxygens (including phenoxy) is 1. The van der Waals surface area contributed by atoms with Crippen molar-refractivity contribution in [2.45, 2.75) is 25.2 Å². The van der Waals surface area contributed by atoms with Crippen LogP contribution in [0.5, 0.6) is 5.75 Å². The molecule has 0 saturated heterocycles. The van der Waals surface area contributed by atoms with Crippen molar-refractivity contribution in [1.82, 2.24) is 0 Å². The Morgan fingerprint density at radius 1 is 0.708 bits per heavy atom. The third-order valence-electron chi connectivity index (χ3n) is 3.51. The minimum atomic E-state index is -4.82. The third-order valence-corrected chi connectivity index (χ3v) is 3.51. The van der Waals surface area contributed by atoms with Crippen LogP contribution in [0.3, 0.4) is 0 Å². The zero-order valence-electron chi connectivity index (χ0n) is 12.6. The molecule has 1 nitrogen and oxygen atoms in total. The highest BCUT2D eigenvalue weighted by Gasteiger charge is 2.36. The van der Waals surface area contributed by atoms with Crippen molar-refractivity contribution in [2.24, 2.45) is 0 Å². The first-order valence-corrected chi connectivity index (χ1v) is 7.01. The Morgan fingerprint density at radius 3 is 1.58 bits per heavy atom. The number of aryl methyl sites for hydroxylation is 2. The molecule has 0 radical (unpaired) electrons. The standard InChI is InChI=1S/C17H14F6O/c1-24-15-6-4-11(5-7-15)2-3-12-8-13(16(18,19)20)10-14(9-12)17(21,22)23/h4-10H,2-3H2,1H3. The summed E-state index contributed by atoms with van der Waals surface area (Å²) < 4.78 is 81.8. The van der Waals surface area contributed by atoms with Gasteiger partial charge in [-0.25, -0.2) is 0 Å². The molecule has 2 aromatic rings. The monoisotopic (exact) mass is 348 g/mol. The van der Waals surface area contributed by atoms with Crippen molar-refractivity contribution in [2.75, 3.05) is 7.11 Å². The highest BCUT2D eigenvalue weighted by Crippen LogP contribution is 2.36. The van der Waals surface area contributed by atoms with E-state index in [0.717, 1.165) is 17.7 Å². The molecule has 0 N–H and O–H groups in total. The van der Waals surface area contributed by atoms with E-state index in [9.17, 15) is 26.3 Å². The van der Waals surface area contributed by atoms with Crippen molar-refractivity contribution >= 4 is 0 Å². The summed E-state index contributed by atoms with van der Waals surface area (Å²) in [5.41, 5.74) is -1.79. The molecule has 0 saturated carbocycles. The lowest BCUT2D eigenvalue weighted by Gasteiger charge is -2.14. The quantitative estimate of drug-likeness (QED) is 0.661. The zero-order chi connectivity index (χ0) is 18.0. The molecule has 0 aliphatic carbocycles. The average Bonchev–Trinajstić information content (AvgIpc) is 2.51. The Hall–Kier alpha value is -2.18. The number of halogens is 6. The molecule has 0 fully saturated rings. The van der Waals surface area contributed by atoms with Gasteiger partial charge in [0.15, 0.2) is 0 Å². The Labute approximate surface area is 134 Å². The molecule has 2 rings (SSSR count). The van der Waals surface area contributed by atoms with Crippen LogP contribution in [0, 0.1) is 0 Å². The molecule has 130 valence electrons. The lowest BCUT2D eigenvalue weighted by Crippen LogP contribution is -2.12. The van der Waals surface area contributed by atoms with Gasteiger partial charge in [0.2, 0.25) is 0 Å². The molecular weight excluding hydrogens is 334 g/mol. The van der Waals surface area contributed by atoms with Crippen molar-refractivity contribution < 1.29 is 31.1 Å². The van der Waals surface area contributed by atoms with E-state index in [4.69, 9.17) is 4.74 Å². The summed E-state index contributed by atoms with van der Waals surface area (Å²) in [4.78, 5) is 0. The molecule has 0 aliphatic heterocycles. The smallest absolute Gasteiger partial charge is 0.416 e.